The fraction of sp³-hybridized carbons (Fsp3) is 0. The highest BCUT2D eigenvalue weighted by molar-refractivity contribution is 6.24. The van der Waals surface area contributed by atoms with E-state index in [-0.39, 0.29) is 0 Å². The molecule has 0 amide bonds. The standard InChI is InChI=1S/C40H26/c1-2-12-27(13-3-1)32-25-30-16-6-7-17-33(30)38(26-32)40-36-20-10-8-18-34(36)39(35-19-9-11-21-37(35)40)31-23-22-28-14-4-5-15-29(28)24-31/h1-26H/i1D,2D,3D,4D,5D,6D,7D,8D,9D,10D,11D,12D,13D,14D,15D,16D,17D,18D,19D,20D,22D,23D,24D,25D,26D. The van der Waals surface area contributed by atoms with E-state index < -0.39 is 228 Å². The van der Waals surface area contributed by atoms with Crippen molar-refractivity contribution in [3.8, 4) is 33.4 Å². The summed E-state index contributed by atoms with van der Waals surface area (Å²) in [5, 5.41) is -4.82. The molecule has 0 spiro atoms. The second kappa shape index (κ2) is 9.22. The van der Waals surface area contributed by atoms with Crippen LogP contribution in [-0.2, 0) is 0 Å². The first-order valence-corrected chi connectivity index (χ1v) is 11.8. The number of fused-ring (bicyclic) bond motifs is 4. The van der Waals surface area contributed by atoms with Crippen molar-refractivity contribution < 1.29 is 34.3 Å². The Hall–Kier alpha value is -5.20. The fourth-order valence-electron chi connectivity index (χ4n) is 4.73. The van der Waals surface area contributed by atoms with Crippen LogP contribution in [0.4, 0.5) is 0 Å². The molecule has 40 heavy (non-hydrogen) atoms. The summed E-state index contributed by atoms with van der Waals surface area (Å²) in [4.78, 5) is 0. The highest BCUT2D eigenvalue weighted by Crippen LogP contribution is 2.46. The summed E-state index contributed by atoms with van der Waals surface area (Å²) in [5.41, 5.74) is -4.13. The molecule has 0 radical (unpaired) electrons. The molecule has 0 heterocycles. The molecular formula is C40H26. The van der Waals surface area contributed by atoms with E-state index in [1.807, 2.05) is 0 Å². The van der Waals surface area contributed by atoms with Crippen LogP contribution >= 0.6 is 0 Å². The van der Waals surface area contributed by atoms with Gasteiger partial charge in [0.15, 0.2) is 0 Å². The second-order valence-electron chi connectivity index (χ2n) is 8.58. The van der Waals surface area contributed by atoms with Gasteiger partial charge in [-0.15, -0.1) is 0 Å². The lowest BCUT2D eigenvalue weighted by Crippen LogP contribution is -1.92. The zero-order chi connectivity index (χ0) is 48.2. The van der Waals surface area contributed by atoms with Crippen LogP contribution < -0.4 is 0 Å². The van der Waals surface area contributed by atoms with E-state index in [4.69, 9.17) is 23.3 Å². The molecule has 0 fully saturated rings. The summed E-state index contributed by atoms with van der Waals surface area (Å²) in [7, 11) is 0. The number of rotatable bonds is 3. The minimum absolute atomic E-state index is 0.476. The van der Waals surface area contributed by atoms with Gasteiger partial charge < -0.3 is 0 Å². The Morgan fingerprint density at radius 1 is 0.325 bits per heavy atom. The van der Waals surface area contributed by atoms with E-state index in [2.05, 4.69) is 0 Å². The summed E-state index contributed by atoms with van der Waals surface area (Å²) in [5.74, 6) is 0. The molecule has 0 unspecified atom stereocenters. The molecule has 0 aliphatic heterocycles. The van der Waals surface area contributed by atoms with Gasteiger partial charge in [0.25, 0.3) is 0 Å². The Morgan fingerprint density at radius 2 is 0.900 bits per heavy atom. The van der Waals surface area contributed by atoms with Gasteiger partial charge in [0, 0.05) is 0 Å². The molecule has 0 heteroatoms. The summed E-state index contributed by atoms with van der Waals surface area (Å²) in [6.07, 6.45) is 0. The Morgan fingerprint density at radius 3 is 1.70 bits per heavy atom. The summed E-state index contributed by atoms with van der Waals surface area (Å²) >= 11 is 0. The third-order valence-corrected chi connectivity index (χ3v) is 6.39. The van der Waals surface area contributed by atoms with E-state index in [9.17, 15) is 11.0 Å². The SMILES string of the molecule is [2H]c1cc2c(-c3c([2H])c(-c4c([2H])c([2H])c([2H])c([2H])c4[2H])c([2H])c4c([2H])c([2H])c([2H])c([2H])c34)c3c([2H])c([2H])c([2H])c([2H])c3c(-c3c([2H])c([2H])c4c([2H])c([2H])c([2H])c([2H])c4c3[2H])c2c([2H])c1[2H]. The predicted octanol–water partition coefficient (Wildman–Crippen LogP) is 11.3. The Kier molecular flexibility index (Phi) is 2.05. The number of benzene rings is 8. The highest BCUT2D eigenvalue weighted by atomic mass is 14.2. The average molecular weight is 532 g/mol. The molecule has 0 aromatic heterocycles. The van der Waals surface area contributed by atoms with Crippen molar-refractivity contribution in [1.82, 2.24) is 0 Å². The first-order valence-electron chi connectivity index (χ1n) is 24.3. The molecule has 0 saturated heterocycles. The van der Waals surface area contributed by atoms with Gasteiger partial charge in [-0.3, -0.25) is 0 Å². The zero-order valence-electron chi connectivity index (χ0n) is 45.1. The molecule has 0 aliphatic carbocycles. The third-order valence-electron chi connectivity index (χ3n) is 6.39. The lowest BCUT2D eigenvalue weighted by Gasteiger charge is -2.20. The summed E-state index contributed by atoms with van der Waals surface area (Å²) in [6.45, 7) is 0. The lowest BCUT2D eigenvalue weighted by atomic mass is 9.83. The van der Waals surface area contributed by atoms with E-state index in [0.29, 0.717) is 0 Å². The summed E-state index contributed by atoms with van der Waals surface area (Å²) in [6, 6.07) is -21.1. The van der Waals surface area contributed by atoms with Crippen LogP contribution in [0.2, 0.25) is 0 Å². The van der Waals surface area contributed by atoms with Crippen molar-refractivity contribution in [1.29, 1.82) is 0 Å². The molecule has 0 N–H and O–H groups in total. The van der Waals surface area contributed by atoms with Crippen LogP contribution in [0.25, 0.3) is 76.5 Å². The third kappa shape index (κ3) is 3.61. The zero-order valence-corrected chi connectivity index (χ0v) is 20.1. The maximum Gasteiger partial charge on any atom is 0.0636 e. The Bertz CT molecular complexity index is 3570. The highest BCUT2D eigenvalue weighted by Gasteiger charge is 2.18. The second-order valence-corrected chi connectivity index (χ2v) is 8.58. The molecular weight excluding hydrogens is 480 g/mol. The van der Waals surface area contributed by atoms with Gasteiger partial charge in [0.05, 0.1) is 34.3 Å². The Balaban J connectivity index is 1.80. The molecule has 0 aliphatic rings. The predicted molar refractivity (Wildman–Crippen MR) is 173 cm³/mol. The minimum atomic E-state index is -0.973. The maximum atomic E-state index is 9.84. The lowest BCUT2D eigenvalue weighted by molar-refractivity contribution is 1.63. The quantitative estimate of drug-likeness (QED) is 0.199. The normalized spacial score (nSPS) is 20.2. The van der Waals surface area contributed by atoms with Gasteiger partial charge in [-0.25, -0.2) is 0 Å². The smallest absolute Gasteiger partial charge is 0.0622 e. The maximum absolute atomic E-state index is 9.84. The van der Waals surface area contributed by atoms with Crippen molar-refractivity contribution in [2.45, 2.75) is 0 Å². The van der Waals surface area contributed by atoms with Crippen molar-refractivity contribution in [2.24, 2.45) is 0 Å². The number of hydrogen-bond acceptors (Lipinski definition) is 0. The first-order chi connectivity index (χ1) is 30.3. The van der Waals surface area contributed by atoms with Crippen LogP contribution in [0.5, 0.6) is 0 Å². The number of hydrogen-bond donors (Lipinski definition) is 0. The van der Waals surface area contributed by atoms with Crippen LogP contribution in [0.1, 0.15) is 34.3 Å². The molecule has 8 aromatic carbocycles. The van der Waals surface area contributed by atoms with Crippen LogP contribution in [0.3, 0.4) is 0 Å². The van der Waals surface area contributed by atoms with Crippen LogP contribution in [-0.4, -0.2) is 0 Å². The van der Waals surface area contributed by atoms with Crippen molar-refractivity contribution >= 4 is 43.1 Å². The molecule has 0 bridgehead atoms. The molecule has 0 saturated carbocycles. The van der Waals surface area contributed by atoms with Crippen LogP contribution in [0.15, 0.2) is 157 Å². The van der Waals surface area contributed by atoms with Gasteiger partial charge in [-0.05, 0) is 94.6 Å². The van der Waals surface area contributed by atoms with Gasteiger partial charge in [-0.2, -0.15) is 0 Å². The van der Waals surface area contributed by atoms with E-state index >= 15 is 0 Å². The van der Waals surface area contributed by atoms with E-state index in [1.165, 1.54) is 0 Å². The van der Waals surface area contributed by atoms with Crippen LogP contribution in [0, 0.1) is 0 Å². The van der Waals surface area contributed by atoms with Crippen molar-refractivity contribution in [2.75, 3.05) is 0 Å². The largest absolute Gasteiger partial charge is 0.0636 e. The monoisotopic (exact) mass is 531 g/mol. The Labute approximate surface area is 268 Å². The minimum Gasteiger partial charge on any atom is -0.0622 e. The van der Waals surface area contributed by atoms with Gasteiger partial charge in [-0.1, -0.05) is 139 Å². The fourth-order valence-corrected chi connectivity index (χ4v) is 4.73. The van der Waals surface area contributed by atoms with E-state index in [1.54, 1.807) is 0 Å². The molecule has 8 rings (SSSR count). The van der Waals surface area contributed by atoms with Gasteiger partial charge in [0.2, 0.25) is 0 Å². The molecule has 8 aromatic rings. The van der Waals surface area contributed by atoms with Gasteiger partial charge in [0.1, 0.15) is 0 Å². The first kappa shape index (κ1) is 8.91. The average Bonchev–Trinajstić information content (AvgIpc) is 3.27. The van der Waals surface area contributed by atoms with Gasteiger partial charge >= 0.3 is 0 Å². The molecule has 0 atom stereocenters. The van der Waals surface area contributed by atoms with Crippen molar-refractivity contribution in [3.63, 3.8) is 0 Å². The molecule has 0 nitrogen and oxygen atoms in total. The summed E-state index contributed by atoms with van der Waals surface area (Å²) < 4.78 is 222. The van der Waals surface area contributed by atoms with E-state index in [0.717, 1.165) is 6.07 Å². The molecule has 186 valence electrons. The topological polar surface area (TPSA) is 0 Å². The van der Waals surface area contributed by atoms with Crippen molar-refractivity contribution in [3.05, 3.63) is 157 Å².